The van der Waals surface area contributed by atoms with E-state index in [4.69, 9.17) is 14.2 Å². The van der Waals surface area contributed by atoms with Crippen LogP contribution < -0.4 is 20.1 Å². The van der Waals surface area contributed by atoms with Gasteiger partial charge in [-0.05, 0) is 67.6 Å². The molecule has 2 N–H and O–H groups in total. The SMILES string of the molecule is Cc1cc(C)cc(NC(=O)[C@@H]2[C@H]3C=C[C@]4(O3)[C@H](C(=O)NC3CCCCC3)N(Cc3ccc5c(c3)OCO5)C(=O)[C@@H]24)c1. The van der Waals surface area contributed by atoms with E-state index in [0.29, 0.717) is 17.2 Å². The Bertz CT molecular complexity index is 1430. The molecule has 7 rings (SSSR count). The molecule has 1 saturated carbocycles. The fourth-order valence-corrected chi connectivity index (χ4v) is 7.47. The first-order chi connectivity index (χ1) is 19.8. The first-order valence-corrected chi connectivity index (χ1v) is 14.6. The maximum Gasteiger partial charge on any atom is 0.246 e. The smallest absolute Gasteiger partial charge is 0.246 e. The lowest BCUT2D eigenvalue weighted by Gasteiger charge is -2.34. The van der Waals surface area contributed by atoms with Crippen molar-refractivity contribution in [2.24, 2.45) is 11.8 Å². The van der Waals surface area contributed by atoms with Crippen LogP contribution in [0.1, 0.15) is 48.8 Å². The summed E-state index contributed by atoms with van der Waals surface area (Å²) in [7, 11) is 0. The van der Waals surface area contributed by atoms with Gasteiger partial charge in [0.25, 0.3) is 0 Å². The number of ether oxygens (including phenoxy) is 3. The van der Waals surface area contributed by atoms with Gasteiger partial charge in [0.15, 0.2) is 11.5 Å². The van der Waals surface area contributed by atoms with E-state index in [1.165, 1.54) is 6.42 Å². The van der Waals surface area contributed by atoms with Crippen LogP contribution in [0.3, 0.4) is 0 Å². The van der Waals surface area contributed by atoms with Crippen LogP contribution in [0.5, 0.6) is 11.5 Å². The molecule has 5 aliphatic rings. The van der Waals surface area contributed by atoms with Crippen LogP contribution in [0, 0.1) is 25.7 Å². The van der Waals surface area contributed by atoms with E-state index in [-0.39, 0.29) is 37.1 Å². The lowest BCUT2D eigenvalue weighted by molar-refractivity contribution is -0.142. The highest BCUT2D eigenvalue weighted by Crippen LogP contribution is 2.55. The number of carbonyl (C=O) groups excluding carboxylic acids is 3. The summed E-state index contributed by atoms with van der Waals surface area (Å²) in [6, 6.07) is 10.6. The molecule has 2 aromatic carbocycles. The van der Waals surface area contributed by atoms with Gasteiger partial charge in [0.1, 0.15) is 11.6 Å². The van der Waals surface area contributed by atoms with Gasteiger partial charge in [0.05, 0.1) is 17.9 Å². The predicted molar refractivity (Wildman–Crippen MR) is 150 cm³/mol. The Morgan fingerprint density at radius 3 is 2.51 bits per heavy atom. The molecule has 1 aliphatic carbocycles. The number of aryl methyl sites for hydroxylation is 2. The number of nitrogens with zero attached hydrogens (tertiary/aromatic N) is 1. The third-order valence-electron chi connectivity index (χ3n) is 9.16. The Morgan fingerprint density at radius 2 is 1.73 bits per heavy atom. The van der Waals surface area contributed by atoms with Gasteiger partial charge in [0.2, 0.25) is 24.5 Å². The molecule has 2 bridgehead atoms. The third-order valence-corrected chi connectivity index (χ3v) is 9.16. The molecule has 3 amide bonds. The van der Waals surface area contributed by atoms with E-state index in [1.54, 1.807) is 4.90 Å². The minimum Gasteiger partial charge on any atom is -0.454 e. The van der Waals surface area contributed by atoms with E-state index >= 15 is 0 Å². The lowest BCUT2D eigenvalue weighted by atomic mass is 9.74. The van der Waals surface area contributed by atoms with Crippen molar-refractivity contribution in [2.75, 3.05) is 12.1 Å². The molecule has 4 aliphatic heterocycles. The highest BCUT2D eigenvalue weighted by molar-refractivity contribution is 6.02. The van der Waals surface area contributed by atoms with Crippen LogP contribution in [-0.2, 0) is 25.7 Å². The summed E-state index contributed by atoms with van der Waals surface area (Å²) in [5, 5.41) is 6.26. The zero-order chi connectivity index (χ0) is 28.3. The van der Waals surface area contributed by atoms with Gasteiger partial charge < -0.3 is 29.7 Å². The number of nitrogens with one attached hydrogen (secondary N) is 2. The van der Waals surface area contributed by atoms with Crippen molar-refractivity contribution in [2.45, 2.75) is 76.3 Å². The molecule has 0 unspecified atom stereocenters. The third kappa shape index (κ3) is 4.38. The number of carbonyl (C=O) groups is 3. The van der Waals surface area contributed by atoms with Crippen molar-refractivity contribution >= 4 is 23.4 Å². The molecule has 1 spiro atoms. The summed E-state index contributed by atoms with van der Waals surface area (Å²) in [6.07, 6.45) is 8.28. The zero-order valence-corrected chi connectivity index (χ0v) is 23.4. The van der Waals surface area contributed by atoms with Gasteiger partial charge in [-0.1, -0.05) is 43.5 Å². The highest BCUT2D eigenvalue weighted by atomic mass is 16.7. The van der Waals surface area contributed by atoms with Crippen LogP contribution in [0.25, 0.3) is 0 Å². The molecule has 3 fully saturated rings. The number of hydrogen-bond acceptors (Lipinski definition) is 6. The van der Waals surface area contributed by atoms with Crippen molar-refractivity contribution < 1.29 is 28.6 Å². The van der Waals surface area contributed by atoms with E-state index in [0.717, 1.165) is 42.4 Å². The van der Waals surface area contributed by atoms with Crippen molar-refractivity contribution in [3.63, 3.8) is 0 Å². The average Bonchev–Trinajstić information content (AvgIpc) is 3.69. The summed E-state index contributed by atoms with van der Waals surface area (Å²) in [5.74, 6) is -1.05. The number of hydrogen-bond donors (Lipinski definition) is 2. The summed E-state index contributed by atoms with van der Waals surface area (Å²) in [6.45, 7) is 4.29. The summed E-state index contributed by atoms with van der Waals surface area (Å²) in [5.41, 5.74) is 2.35. The Morgan fingerprint density at radius 1 is 0.976 bits per heavy atom. The van der Waals surface area contributed by atoms with Crippen LogP contribution in [-0.4, -0.2) is 53.2 Å². The second-order valence-corrected chi connectivity index (χ2v) is 12.1. The van der Waals surface area contributed by atoms with Crippen molar-refractivity contribution in [3.05, 3.63) is 65.2 Å². The van der Waals surface area contributed by atoms with Crippen molar-refractivity contribution in [3.8, 4) is 11.5 Å². The average molecular weight is 558 g/mol. The standard InChI is InChI=1S/C32H35N3O6/c1-18-12-19(2)14-22(13-18)34-29(36)26-24-10-11-32(41-24)27(26)31(38)35(16-20-8-9-23-25(15-20)40-17-39-23)28(32)30(37)33-21-6-4-3-5-7-21/h8-15,21,24,26-28H,3-7,16-17H2,1-2H3,(H,33,37)(H,34,36)/t24-,26-,27-,28+,32-/m1/s1. The number of fused-ring (bicyclic) bond motifs is 2. The van der Waals surface area contributed by atoms with Gasteiger partial charge in [-0.3, -0.25) is 14.4 Å². The predicted octanol–water partition coefficient (Wildman–Crippen LogP) is 3.77. The normalized spacial score (nSPS) is 29.6. The van der Waals surface area contributed by atoms with Crippen molar-refractivity contribution in [1.82, 2.24) is 10.2 Å². The van der Waals surface area contributed by atoms with Gasteiger partial charge in [-0.2, -0.15) is 0 Å². The Hall–Kier alpha value is -3.85. The van der Waals surface area contributed by atoms with Crippen LogP contribution >= 0.6 is 0 Å². The summed E-state index contributed by atoms with van der Waals surface area (Å²) >= 11 is 0. The summed E-state index contributed by atoms with van der Waals surface area (Å²) < 4.78 is 17.5. The molecule has 5 atom stereocenters. The first-order valence-electron chi connectivity index (χ1n) is 14.6. The molecule has 214 valence electrons. The number of benzene rings is 2. The molecular formula is C32H35N3O6. The number of likely N-dealkylation sites (tertiary alicyclic amines) is 1. The monoisotopic (exact) mass is 557 g/mol. The van der Waals surface area contributed by atoms with E-state index < -0.39 is 29.6 Å². The van der Waals surface area contributed by atoms with E-state index in [9.17, 15) is 14.4 Å². The largest absolute Gasteiger partial charge is 0.454 e. The van der Waals surface area contributed by atoms with Gasteiger partial charge in [0, 0.05) is 18.3 Å². The molecule has 0 aromatic heterocycles. The Balaban J connectivity index is 1.21. The minimum absolute atomic E-state index is 0.0698. The maximum absolute atomic E-state index is 14.3. The summed E-state index contributed by atoms with van der Waals surface area (Å²) in [4.78, 5) is 43.7. The number of amides is 3. The van der Waals surface area contributed by atoms with Gasteiger partial charge in [-0.25, -0.2) is 0 Å². The van der Waals surface area contributed by atoms with Gasteiger partial charge >= 0.3 is 0 Å². The maximum atomic E-state index is 14.3. The highest BCUT2D eigenvalue weighted by Gasteiger charge is 2.72. The quantitative estimate of drug-likeness (QED) is 0.524. The molecule has 9 heteroatoms. The fourth-order valence-electron chi connectivity index (χ4n) is 7.47. The molecule has 0 radical (unpaired) electrons. The van der Waals surface area contributed by atoms with Crippen LogP contribution in [0.2, 0.25) is 0 Å². The molecular weight excluding hydrogens is 522 g/mol. The molecule has 2 saturated heterocycles. The van der Waals surface area contributed by atoms with Crippen molar-refractivity contribution in [1.29, 1.82) is 0 Å². The number of rotatable bonds is 6. The zero-order valence-electron chi connectivity index (χ0n) is 23.4. The second kappa shape index (κ2) is 9.91. The second-order valence-electron chi connectivity index (χ2n) is 12.1. The fraction of sp³-hybridized carbons (Fsp3) is 0.469. The first kappa shape index (κ1) is 26.1. The van der Waals surface area contributed by atoms with E-state index in [1.807, 2.05) is 62.4 Å². The lowest BCUT2D eigenvalue weighted by Crippen LogP contribution is -2.56. The number of anilines is 1. The Labute approximate surface area is 239 Å². The van der Waals surface area contributed by atoms with Crippen LogP contribution in [0.4, 0.5) is 5.69 Å². The molecule has 41 heavy (non-hydrogen) atoms. The Kier molecular flexibility index (Phi) is 6.30. The molecule has 4 heterocycles. The van der Waals surface area contributed by atoms with Gasteiger partial charge in [-0.15, -0.1) is 0 Å². The van der Waals surface area contributed by atoms with E-state index in [2.05, 4.69) is 10.6 Å². The molecule has 2 aromatic rings. The topological polar surface area (TPSA) is 106 Å². The molecule has 9 nitrogen and oxygen atoms in total. The minimum atomic E-state index is -1.21. The van der Waals surface area contributed by atoms with Crippen LogP contribution in [0.15, 0.2) is 48.6 Å².